The highest BCUT2D eigenvalue weighted by atomic mass is 127. The zero-order chi connectivity index (χ0) is 15.3. The van der Waals surface area contributed by atoms with E-state index < -0.39 is 18.2 Å². The van der Waals surface area contributed by atoms with Gasteiger partial charge in [0.05, 0.1) is 16.6 Å². The van der Waals surface area contributed by atoms with E-state index in [2.05, 4.69) is 25.7 Å². The Morgan fingerprint density at radius 1 is 1.50 bits per heavy atom. The van der Waals surface area contributed by atoms with Crippen molar-refractivity contribution in [1.82, 2.24) is 4.98 Å². The predicted molar refractivity (Wildman–Crippen MR) is 76.6 cm³/mol. The van der Waals surface area contributed by atoms with Gasteiger partial charge in [0, 0.05) is 11.5 Å². The summed E-state index contributed by atoms with van der Waals surface area (Å²) in [5.74, 6) is -0.989. The van der Waals surface area contributed by atoms with E-state index in [0.29, 0.717) is 11.1 Å². The van der Waals surface area contributed by atoms with Crippen LogP contribution in [0.2, 0.25) is 0 Å². The Morgan fingerprint density at radius 2 is 2.15 bits per heavy atom. The molecular formula is C11H10BrF3INO3. The van der Waals surface area contributed by atoms with Crippen LogP contribution in [0, 0.1) is 3.57 Å². The maximum absolute atomic E-state index is 12.2. The summed E-state index contributed by atoms with van der Waals surface area (Å²) in [6.45, 7) is 1.91. The molecule has 4 nitrogen and oxygen atoms in total. The number of hydrogen-bond acceptors (Lipinski definition) is 4. The summed E-state index contributed by atoms with van der Waals surface area (Å²) < 4.78 is 45.5. The lowest BCUT2D eigenvalue weighted by atomic mass is 10.1. The summed E-state index contributed by atoms with van der Waals surface area (Å²) in [6.07, 6.45) is -3.67. The molecule has 20 heavy (non-hydrogen) atoms. The third kappa shape index (κ3) is 5.08. The third-order valence-corrected chi connectivity index (χ3v) is 3.84. The summed E-state index contributed by atoms with van der Waals surface area (Å²) in [7, 11) is 0. The van der Waals surface area contributed by atoms with Gasteiger partial charge in [0.25, 0.3) is 0 Å². The smallest absolute Gasteiger partial charge is 0.466 e. The van der Waals surface area contributed by atoms with Crippen LogP contribution in [0.25, 0.3) is 0 Å². The highest BCUT2D eigenvalue weighted by Crippen LogP contribution is 2.31. The standard InChI is InChI=1S/C11H10BrF3INO3/c1-2-19-8(18)3-6-5-17-10(20-11(13,14)15)9(16)7(6)4-12/h5H,2-4H2,1H3. The molecule has 0 saturated carbocycles. The van der Waals surface area contributed by atoms with Crippen molar-refractivity contribution < 1.29 is 27.4 Å². The predicted octanol–water partition coefficient (Wildman–Crippen LogP) is 3.59. The second-order valence-corrected chi connectivity index (χ2v) is 5.18. The molecule has 0 radical (unpaired) electrons. The van der Waals surface area contributed by atoms with E-state index >= 15 is 0 Å². The molecule has 9 heteroatoms. The van der Waals surface area contributed by atoms with Gasteiger partial charge in [-0.3, -0.25) is 4.79 Å². The number of hydrogen-bond donors (Lipinski definition) is 0. The Bertz CT molecular complexity index is 497. The Kier molecular flexibility index (Phi) is 6.49. The van der Waals surface area contributed by atoms with Gasteiger partial charge in [-0.05, 0) is 40.6 Å². The van der Waals surface area contributed by atoms with E-state index in [-0.39, 0.29) is 21.9 Å². The van der Waals surface area contributed by atoms with Crippen LogP contribution in [0.1, 0.15) is 18.1 Å². The molecule has 0 N–H and O–H groups in total. The average molecular weight is 468 g/mol. The van der Waals surface area contributed by atoms with Crippen molar-refractivity contribution in [2.75, 3.05) is 6.61 Å². The monoisotopic (exact) mass is 467 g/mol. The number of rotatable bonds is 5. The molecule has 0 aromatic carbocycles. The second-order valence-electron chi connectivity index (χ2n) is 3.54. The molecule has 0 amide bonds. The first-order chi connectivity index (χ1) is 9.28. The van der Waals surface area contributed by atoms with Crippen molar-refractivity contribution in [3.63, 3.8) is 0 Å². The van der Waals surface area contributed by atoms with E-state index in [1.807, 2.05) is 0 Å². The van der Waals surface area contributed by atoms with Gasteiger partial charge in [-0.25, -0.2) is 4.98 Å². The van der Waals surface area contributed by atoms with Crippen LogP contribution in [0.15, 0.2) is 6.20 Å². The molecule has 0 spiro atoms. The van der Waals surface area contributed by atoms with E-state index in [9.17, 15) is 18.0 Å². The van der Waals surface area contributed by atoms with E-state index in [0.717, 1.165) is 0 Å². The molecular weight excluding hydrogens is 458 g/mol. The van der Waals surface area contributed by atoms with Gasteiger partial charge in [-0.15, -0.1) is 13.2 Å². The first-order valence-corrected chi connectivity index (χ1v) is 7.62. The van der Waals surface area contributed by atoms with E-state index in [1.165, 1.54) is 6.20 Å². The normalized spacial score (nSPS) is 11.3. The number of nitrogens with zero attached hydrogens (tertiary/aromatic N) is 1. The minimum atomic E-state index is -4.81. The van der Waals surface area contributed by atoms with E-state index in [1.54, 1.807) is 29.5 Å². The number of pyridine rings is 1. The molecule has 1 heterocycles. The summed E-state index contributed by atoms with van der Waals surface area (Å²) in [6, 6.07) is 0. The van der Waals surface area contributed by atoms with Gasteiger partial charge in [-0.1, -0.05) is 15.9 Å². The Hall–Kier alpha value is -0.580. The van der Waals surface area contributed by atoms with E-state index in [4.69, 9.17) is 4.74 Å². The van der Waals surface area contributed by atoms with Gasteiger partial charge >= 0.3 is 12.3 Å². The lowest BCUT2D eigenvalue weighted by Gasteiger charge is -2.14. The minimum Gasteiger partial charge on any atom is -0.466 e. The lowest BCUT2D eigenvalue weighted by molar-refractivity contribution is -0.276. The maximum atomic E-state index is 12.2. The topological polar surface area (TPSA) is 48.4 Å². The minimum absolute atomic E-state index is 0.0515. The molecule has 0 bridgehead atoms. The molecule has 0 saturated heterocycles. The molecule has 112 valence electrons. The quantitative estimate of drug-likeness (QED) is 0.377. The van der Waals surface area contributed by atoms with Crippen LogP contribution in [0.5, 0.6) is 5.88 Å². The van der Waals surface area contributed by atoms with Crippen molar-refractivity contribution >= 4 is 44.5 Å². The van der Waals surface area contributed by atoms with Crippen LogP contribution in [-0.4, -0.2) is 23.9 Å². The zero-order valence-corrected chi connectivity index (χ0v) is 14.0. The number of alkyl halides is 4. The molecule has 1 aromatic heterocycles. The average Bonchev–Trinajstić information content (AvgIpc) is 2.32. The Morgan fingerprint density at radius 3 is 2.65 bits per heavy atom. The Labute approximate surface area is 135 Å². The highest BCUT2D eigenvalue weighted by Gasteiger charge is 2.33. The molecule has 1 rings (SSSR count). The van der Waals surface area contributed by atoms with Gasteiger partial charge in [0.2, 0.25) is 5.88 Å². The number of ether oxygens (including phenoxy) is 2. The van der Waals surface area contributed by atoms with Crippen molar-refractivity contribution in [2.24, 2.45) is 0 Å². The number of halogens is 5. The van der Waals surface area contributed by atoms with Crippen LogP contribution in [0.3, 0.4) is 0 Å². The fraction of sp³-hybridized carbons (Fsp3) is 0.455. The Balaban J connectivity index is 3.05. The van der Waals surface area contributed by atoms with Crippen molar-refractivity contribution in [2.45, 2.75) is 25.0 Å². The van der Waals surface area contributed by atoms with Gasteiger partial charge in [0.1, 0.15) is 0 Å². The largest absolute Gasteiger partial charge is 0.574 e. The van der Waals surface area contributed by atoms with Gasteiger partial charge in [-0.2, -0.15) is 0 Å². The van der Waals surface area contributed by atoms with Crippen molar-refractivity contribution in [3.8, 4) is 5.88 Å². The van der Waals surface area contributed by atoms with Gasteiger partial charge in [0.15, 0.2) is 0 Å². The maximum Gasteiger partial charge on any atom is 0.574 e. The van der Waals surface area contributed by atoms with Crippen molar-refractivity contribution in [3.05, 3.63) is 20.9 Å². The molecule has 0 aliphatic rings. The summed E-state index contributed by atoms with van der Waals surface area (Å²) in [5.41, 5.74) is 1.02. The summed E-state index contributed by atoms with van der Waals surface area (Å²) >= 11 is 4.89. The SMILES string of the molecule is CCOC(=O)Cc1cnc(OC(F)(F)F)c(I)c1CBr. The molecule has 0 aliphatic carbocycles. The van der Waals surface area contributed by atoms with Crippen molar-refractivity contribution in [1.29, 1.82) is 0 Å². The summed E-state index contributed by atoms with van der Waals surface area (Å²) in [4.78, 5) is 15.0. The highest BCUT2D eigenvalue weighted by molar-refractivity contribution is 14.1. The molecule has 1 aromatic rings. The molecule has 0 atom stereocenters. The lowest BCUT2D eigenvalue weighted by Crippen LogP contribution is -2.19. The second kappa shape index (κ2) is 7.43. The number of esters is 1. The van der Waals surface area contributed by atoms with Gasteiger partial charge < -0.3 is 9.47 Å². The molecule has 0 aliphatic heterocycles. The first-order valence-electron chi connectivity index (χ1n) is 5.42. The summed E-state index contributed by atoms with van der Waals surface area (Å²) in [5, 5.41) is 0.275. The van der Waals surface area contributed by atoms with Crippen LogP contribution >= 0.6 is 38.5 Å². The number of carbonyl (C=O) groups is 1. The zero-order valence-electron chi connectivity index (χ0n) is 10.3. The molecule has 0 unspecified atom stereocenters. The number of carbonyl (C=O) groups excluding carboxylic acids is 1. The van der Waals surface area contributed by atoms with Crippen LogP contribution in [0.4, 0.5) is 13.2 Å². The fourth-order valence-corrected chi connectivity index (χ4v) is 3.34. The fourth-order valence-electron chi connectivity index (χ4n) is 1.39. The third-order valence-electron chi connectivity index (χ3n) is 2.16. The van der Waals surface area contributed by atoms with Crippen LogP contribution < -0.4 is 4.74 Å². The first kappa shape index (κ1) is 17.5. The van der Waals surface area contributed by atoms with Crippen LogP contribution in [-0.2, 0) is 21.3 Å². The number of aromatic nitrogens is 1. The molecule has 0 fully saturated rings.